The highest BCUT2D eigenvalue weighted by molar-refractivity contribution is 6.25. The van der Waals surface area contributed by atoms with Crippen molar-refractivity contribution in [3.05, 3.63) is 170 Å². The van der Waals surface area contributed by atoms with Gasteiger partial charge in [0, 0.05) is 54.7 Å². The number of hydrogen-bond donors (Lipinski definition) is 0. The van der Waals surface area contributed by atoms with Crippen LogP contribution in [0.1, 0.15) is 0 Å². The van der Waals surface area contributed by atoms with Gasteiger partial charge in [0.15, 0.2) is 17.5 Å². The van der Waals surface area contributed by atoms with E-state index >= 15 is 0 Å². The van der Waals surface area contributed by atoms with E-state index in [1.807, 2.05) is 72.8 Å². The summed E-state index contributed by atoms with van der Waals surface area (Å²) in [6, 6.07) is 57.9. The fourth-order valence-corrected chi connectivity index (χ4v) is 7.07. The summed E-state index contributed by atoms with van der Waals surface area (Å²) >= 11 is 0. The molecule has 0 fully saturated rings. The molecule has 0 saturated heterocycles. The van der Waals surface area contributed by atoms with Gasteiger partial charge in [0.1, 0.15) is 11.2 Å². The Morgan fingerprint density at radius 2 is 0.804 bits per heavy atom. The molecule has 0 unspecified atom stereocenters. The molecule has 0 N–H and O–H groups in total. The largest absolute Gasteiger partial charge is 0.455 e. The van der Waals surface area contributed by atoms with Gasteiger partial charge in [-0.1, -0.05) is 158 Å². The van der Waals surface area contributed by atoms with E-state index in [-0.39, 0.29) is 0 Å². The van der Waals surface area contributed by atoms with Crippen LogP contribution < -0.4 is 0 Å². The van der Waals surface area contributed by atoms with E-state index in [2.05, 4.69) is 97.1 Å². The normalized spacial score (nSPS) is 11.5. The van der Waals surface area contributed by atoms with Crippen molar-refractivity contribution in [3.8, 4) is 56.5 Å². The van der Waals surface area contributed by atoms with Crippen molar-refractivity contribution in [1.29, 1.82) is 0 Å². The molecule has 0 atom stereocenters. The van der Waals surface area contributed by atoms with E-state index in [9.17, 15) is 0 Å². The maximum absolute atomic E-state index is 6.93. The number of benzene rings is 7. The summed E-state index contributed by atoms with van der Waals surface area (Å²) in [7, 11) is 0. The SMILES string of the molecule is c1ccc(-c2nc(-c3ccccc3)nc(-c3ccc(-c4cccc5c4oc4c5ccc5c(-c6ccccc6)nc6ccccc6c54)cc3)n2)cc1. The highest BCUT2D eigenvalue weighted by atomic mass is 16.3. The predicted octanol–water partition coefficient (Wildman–Crippen LogP) is 11.8. The number of pyridine rings is 1. The molecule has 0 amide bonds. The molecule has 0 saturated carbocycles. The Kier molecular flexibility index (Phi) is 6.74. The summed E-state index contributed by atoms with van der Waals surface area (Å²) in [5.41, 5.74) is 9.56. The highest BCUT2D eigenvalue weighted by Gasteiger charge is 2.19. The van der Waals surface area contributed by atoms with E-state index in [0.717, 1.165) is 82.7 Å². The smallest absolute Gasteiger partial charge is 0.164 e. The Morgan fingerprint density at radius 1 is 0.314 bits per heavy atom. The molecule has 5 nitrogen and oxygen atoms in total. The second-order valence-electron chi connectivity index (χ2n) is 12.6. The number of rotatable bonds is 5. The molecule has 10 rings (SSSR count). The van der Waals surface area contributed by atoms with Crippen LogP contribution in [0, 0.1) is 0 Å². The van der Waals surface area contributed by atoms with Crippen LogP contribution in [0.2, 0.25) is 0 Å². The molecule has 7 aromatic carbocycles. The second kappa shape index (κ2) is 11.9. The molecule has 5 heteroatoms. The maximum Gasteiger partial charge on any atom is 0.164 e. The summed E-state index contributed by atoms with van der Waals surface area (Å²) in [6.07, 6.45) is 0. The third kappa shape index (κ3) is 4.94. The van der Waals surface area contributed by atoms with Crippen molar-refractivity contribution in [1.82, 2.24) is 19.9 Å². The Bertz CT molecular complexity index is 2830. The quantitative estimate of drug-likeness (QED) is 0.173. The maximum atomic E-state index is 6.93. The fraction of sp³-hybridized carbons (Fsp3) is 0. The van der Waals surface area contributed by atoms with Gasteiger partial charge >= 0.3 is 0 Å². The molecule has 0 spiro atoms. The zero-order chi connectivity index (χ0) is 33.7. The zero-order valence-electron chi connectivity index (χ0n) is 27.4. The van der Waals surface area contributed by atoms with Crippen LogP contribution in [-0.2, 0) is 0 Å². The fourth-order valence-electron chi connectivity index (χ4n) is 7.07. The van der Waals surface area contributed by atoms with Crippen LogP contribution in [0.4, 0.5) is 0 Å². The van der Waals surface area contributed by atoms with Crippen molar-refractivity contribution in [2.24, 2.45) is 0 Å². The Balaban J connectivity index is 1.12. The van der Waals surface area contributed by atoms with Crippen LogP contribution in [-0.4, -0.2) is 19.9 Å². The van der Waals surface area contributed by atoms with Gasteiger partial charge in [0.05, 0.1) is 11.2 Å². The van der Waals surface area contributed by atoms with Gasteiger partial charge in [0.2, 0.25) is 0 Å². The van der Waals surface area contributed by atoms with Crippen LogP contribution in [0.15, 0.2) is 174 Å². The lowest BCUT2D eigenvalue weighted by molar-refractivity contribution is 0.674. The molecule has 51 heavy (non-hydrogen) atoms. The number of nitrogens with zero attached hydrogens (tertiary/aromatic N) is 4. The molecule has 0 aliphatic carbocycles. The number of furan rings is 1. The van der Waals surface area contributed by atoms with Gasteiger partial charge in [-0.15, -0.1) is 0 Å². The van der Waals surface area contributed by atoms with Gasteiger partial charge in [-0.05, 0) is 17.7 Å². The van der Waals surface area contributed by atoms with E-state index in [1.165, 1.54) is 0 Å². The lowest BCUT2D eigenvalue weighted by atomic mass is 9.97. The highest BCUT2D eigenvalue weighted by Crippen LogP contribution is 2.43. The minimum Gasteiger partial charge on any atom is -0.455 e. The van der Waals surface area contributed by atoms with Gasteiger partial charge < -0.3 is 4.42 Å². The van der Waals surface area contributed by atoms with Crippen molar-refractivity contribution >= 4 is 43.6 Å². The second-order valence-corrected chi connectivity index (χ2v) is 12.6. The van der Waals surface area contributed by atoms with Gasteiger partial charge in [-0.2, -0.15) is 0 Å². The summed E-state index contributed by atoms with van der Waals surface area (Å²) in [6.45, 7) is 0. The molecular formula is C46H28N4O. The third-order valence-corrected chi connectivity index (χ3v) is 9.53. The van der Waals surface area contributed by atoms with E-state index in [4.69, 9.17) is 24.4 Å². The number of para-hydroxylation sites is 2. The third-order valence-electron chi connectivity index (χ3n) is 9.53. The molecule has 10 aromatic rings. The first-order valence-corrected chi connectivity index (χ1v) is 17.0. The van der Waals surface area contributed by atoms with Crippen LogP contribution in [0.5, 0.6) is 0 Å². The van der Waals surface area contributed by atoms with E-state index < -0.39 is 0 Å². The predicted molar refractivity (Wildman–Crippen MR) is 207 cm³/mol. The molecule has 0 aliphatic rings. The molecule has 3 aromatic heterocycles. The molecular weight excluding hydrogens is 625 g/mol. The molecule has 0 bridgehead atoms. The first-order chi connectivity index (χ1) is 25.3. The first-order valence-electron chi connectivity index (χ1n) is 17.0. The van der Waals surface area contributed by atoms with Gasteiger partial charge in [-0.3, -0.25) is 0 Å². The molecule has 3 heterocycles. The van der Waals surface area contributed by atoms with Crippen molar-refractivity contribution in [2.45, 2.75) is 0 Å². The number of fused-ring (bicyclic) bond motifs is 7. The van der Waals surface area contributed by atoms with E-state index in [1.54, 1.807) is 0 Å². The summed E-state index contributed by atoms with van der Waals surface area (Å²) in [4.78, 5) is 19.8. The number of hydrogen-bond acceptors (Lipinski definition) is 5. The summed E-state index contributed by atoms with van der Waals surface area (Å²) < 4.78 is 6.93. The van der Waals surface area contributed by atoms with Gasteiger partial charge in [0.25, 0.3) is 0 Å². The Hall–Kier alpha value is -6.98. The lowest BCUT2D eigenvalue weighted by Crippen LogP contribution is -2.00. The van der Waals surface area contributed by atoms with Crippen LogP contribution >= 0.6 is 0 Å². The number of aromatic nitrogens is 4. The molecule has 0 radical (unpaired) electrons. The van der Waals surface area contributed by atoms with Gasteiger partial charge in [-0.25, -0.2) is 19.9 Å². The summed E-state index contributed by atoms with van der Waals surface area (Å²) in [5, 5.41) is 5.38. The molecule has 238 valence electrons. The minimum absolute atomic E-state index is 0.623. The minimum atomic E-state index is 0.623. The molecule has 0 aliphatic heterocycles. The zero-order valence-corrected chi connectivity index (χ0v) is 27.4. The van der Waals surface area contributed by atoms with E-state index in [0.29, 0.717) is 17.5 Å². The first kappa shape index (κ1) is 29.0. The Labute approximate surface area is 293 Å². The van der Waals surface area contributed by atoms with Crippen LogP contribution in [0.3, 0.4) is 0 Å². The summed E-state index contributed by atoms with van der Waals surface area (Å²) in [5.74, 6) is 1.90. The average molecular weight is 653 g/mol. The monoisotopic (exact) mass is 652 g/mol. The Morgan fingerprint density at radius 3 is 1.45 bits per heavy atom. The standard InChI is InChI=1S/C46H28N4O/c1-4-13-30(14-5-1)41-38-28-27-36-35-21-12-20-34(42(35)51-43(36)40(38)37-19-10-11-22-39(37)47-41)29-23-25-33(26-24-29)46-49-44(31-15-6-2-7-16-31)48-45(50-46)32-17-8-3-9-18-32/h1-28H. The average Bonchev–Trinajstić information content (AvgIpc) is 3.61. The van der Waals surface area contributed by atoms with Crippen molar-refractivity contribution < 1.29 is 4.42 Å². The lowest BCUT2D eigenvalue weighted by Gasteiger charge is -2.10. The van der Waals surface area contributed by atoms with Crippen molar-refractivity contribution in [2.75, 3.05) is 0 Å². The van der Waals surface area contributed by atoms with Crippen molar-refractivity contribution in [3.63, 3.8) is 0 Å². The topological polar surface area (TPSA) is 64.7 Å². The van der Waals surface area contributed by atoms with Crippen LogP contribution in [0.25, 0.3) is 100 Å².